The highest BCUT2D eigenvalue weighted by atomic mass is 16.2. The SMILES string of the molecule is CCCCCCCCC=NNC(=O)c1ccc(N(C)C)cc1. The van der Waals surface area contributed by atoms with Crippen molar-refractivity contribution in [2.45, 2.75) is 51.9 Å². The minimum absolute atomic E-state index is 0.162. The molecule has 4 heteroatoms. The molecule has 0 aliphatic carbocycles. The van der Waals surface area contributed by atoms with Crippen LogP contribution in [-0.4, -0.2) is 26.2 Å². The molecule has 0 saturated heterocycles. The molecule has 0 saturated carbocycles. The highest BCUT2D eigenvalue weighted by molar-refractivity contribution is 5.94. The zero-order chi connectivity index (χ0) is 16.2. The highest BCUT2D eigenvalue weighted by Gasteiger charge is 2.04. The van der Waals surface area contributed by atoms with Crippen LogP contribution in [0.25, 0.3) is 0 Å². The quantitative estimate of drug-likeness (QED) is 0.399. The topological polar surface area (TPSA) is 44.7 Å². The van der Waals surface area contributed by atoms with Crippen LogP contribution < -0.4 is 10.3 Å². The van der Waals surface area contributed by atoms with Crippen molar-refractivity contribution in [3.8, 4) is 0 Å². The molecule has 1 rings (SSSR count). The van der Waals surface area contributed by atoms with E-state index in [4.69, 9.17) is 0 Å². The van der Waals surface area contributed by atoms with Crippen molar-refractivity contribution in [1.82, 2.24) is 5.43 Å². The van der Waals surface area contributed by atoms with Gasteiger partial charge in [-0.25, -0.2) is 5.43 Å². The molecule has 0 bridgehead atoms. The molecular weight excluding hydrogens is 274 g/mol. The van der Waals surface area contributed by atoms with Gasteiger partial charge in [0, 0.05) is 31.6 Å². The van der Waals surface area contributed by atoms with Crippen LogP contribution in [0.2, 0.25) is 0 Å². The summed E-state index contributed by atoms with van der Waals surface area (Å²) in [4.78, 5) is 13.9. The minimum atomic E-state index is -0.162. The summed E-state index contributed by atoms with van der Waals surface area (Å²) in [5, 5.41) is 4.00. The van der Waals surface area contributed by atoms with E-state index in [0.717, 1.165) is 18.5 Å². The Hall–Kier alpha value is -1.84. The van der Waals surface area contributed by atoms with Gasteiger partial charge >= 0.3 is 0 Å². The van der Waals surface area contributed by atoms with Crippen molar-refractivity contribution in [3.05, 3.63) is 29.8 Å². The number of rotatable bonds is 10. The Balaban J connectivity index is 2.20. The predicted molar refractivity (Wildman–Crippen MR) is 94.7 cm³/mol. The molecule has 0 atom stereocenters. The Morgan fingerprint density at radius 1 is 1.09 bits per heavy atom. The normalized spacial score (nSPS) is 10.9. The first kappa shape index (κ1) is 18.2. The maximum absolute atomic E-state index is 11.9. The van der Waals surface area contributed by atoms with Crippen molar-refractivity contribution in [2.24, 2.45) is 5.10 Å². The molecule has 0 heterocycles. The number of unbranched alkanes of at least 4 members (excludes halogenated alkanes) is 6. The molecule has 1 amide bonds. The molecule has 22 heavy (non-hydrogen) atoms. The van der Waals surface area contributed by atoms with Crippen LogP contribution in [0.1, 0.15) is 62.2 Å². The fourth-order valence-electron chi connectivity index (χ4n) is 2.16. The van der Waals surface area contributed by atoms with E-state index in [0.29, 0.717) is 5.56 Å². The summed E-state index contributed by atoms with van der Waals surface area (Å²) in [6, 6.07) is 7.48. The fraction of sp³-hybridized carbons (Fsp3) is 0.556. The summed E-state index contributed by atoms with van der Waals surface area (Å²) in [6.45, 7) is 2.23. The van der Waals surface area contributed by atoms with E-state index < -0.39 is 0 Å². The molecular formula is C18H29N3O. The highest BCUT2D eigenvalue weighted by Crippen LogP contribution is 2.12. The molecule has 0 unspecified atom stereocenters. The van der Waals surface area contributed by atoms with Crippen molar-refractivity contribution in [3.63, 3.8) is 0 Å². The van der Waals surface area contributed by atoms with Gasteiger partial charge in [-0.05, 0) is 37.1 Å². The van der Waals surface area contributed by atoms with Gasteiger partial charge in [0.2, 0.25) is 0 Å². The van der Waals surface area contributed by atoms with E-state index in [1.807, 2.05) is 43.3 Å². The van der Waals surface area contributed by atoms with Crippen molar-refractivity contribution < 1.29 is 4.79 Å². The number of carbonyl (C=O) groups is 1. The first-order chi connectivity index (χ1) is 10.6. The van der Waals surface area contributed by atoms with Gasteiger partial charge < -0.3 is 4.90 Å². The predicted octanol–water partition coefficient (Wildman–Crippen LogP) is 4.22. The van der Waals surface area contributed by atoms with Crippen LogP contribution in [0.5, 0.6) is 0 Å². The first-order valence-electron chi connectivity index (χ1n) is 8.24. The van der Waals surface area contributed by atoms with Gasteiger partial charge in [-0.15, -0.1) is 0 Å². The summed E-state index contributed by atoms with van der Waals surface area (Å²) >= 11 is 0. The van der Waals surface area contributed by atoms with Gasteiger partial charge in [-0.1, -0.05) is 39.0 Å². The summed E-state index contributed by atoms with van der Waals surface area (Å²) in [6.07, 6.45) is 10.3. The van der Waals surface area contributed by atoms with E-state index in [1.165, 1.54) is 32.1 Å². The Bertz CT molecular complexity index is 452. The molecule has 0 spiro atoms. The largest absolute Gasteiger partial charge is 0.378 e. The Morgan fingerprint density at radius 2 is 1.73 bits per heavy atom. The average molecular weight is 303 g/mol. The number of hydrogen-bond acceptors (Lipinski definition) is 3. The number of nitrogens with one attached hydrogen (secondary N) is 1. The molecule has 1 aromatic rings. The third kappa shape index (κ3) is 7.25. The standard InChI is InChI=1S/C18H29N3O/c1-4-5-6-7-8-9-10-15-19-20-18(22)16-11-13-17(14-12-16)21(2)3/h11-15H,4-10H2,1-3H3,(H,20,22). The summed E-state index contributed by atoms with van der Waals surface area (Å²) in [5.41, 5.74) is 4.28. The maximum Gasteiger partial charge on any atom is 0.271 e. The smallest absolute Gasteiger partial charge is 0.271 e. The summed E-state index contributed by atoms with van der Waals surface area (Å²) < 4.78 is 0. The molecule has 4 nitrogen and oxygen atoms in total. The number of anilines is 1. The van der Waals surface area contributed by atoms with Gasteiger partial charge in [0.05, 0.1) is 0 Å². The van der Waals surface area contributed by atoms with Crippen LogP contribution in [0.3, 0.4) is 0 Å². The number of hydrogen-bond donors (Lipinski definition) is 1. The maximum atomic E-state index is 11.9. The van der Waals surface area contributed by atoms with Crippen molar-refractivity contribution >= 4 is 17.8 Å². The van der Waals surface area contributed by atoms with Crippen LogP contribution in [-0.2, 0) is 0 Å². The Morgan fingerprint density at radius 3 is 2.36 bits per heavy atom. The molecule has 0 aromatic heterocycles. The molecule has 0 fully saturated rings. The van der Waals surface area contributed by atoms with Crippen molar-refractivity contribution in [1.29, 1.82) is 0 Å². The zero-order valence-electron chi connectivity index (χ0n) is 14.1. The third-order valence-electron chi connectivity index (χ3n) is 3.59. The Kier molecular flexibility index (Phi) is 8.96. The lowest BCUT2D eigenvalue weighted by Gasteiger charge is -2.12. The zero-order valence-corrected chi connectivity index (χ0v) is 14.1. The first-order valence-corrected chi connectivity index (χ1v) is 8.24. The van der Waals surface area contributed by atoms with Crippen LogP contribution >= 0.6 is 0 Å². The van der Waals surface area contributed by atoms with E-state index >= 15 is 0 Å². The van der Waals surface area contributed by atoms with Crippen molar-refractivity contribution in [2.75, 3.05) is 19.0 Å². The van der Waals surface area contributed by atoms with E-state index in [1.54, 1.807) is 6.21 Å². The monoisotopic (exact) mass is 303 g/mol. The molecule has 0 aliphatic rings. The van der Waals surface area contributed by atoms with Gasteiger partial charge in [-0.3, -0.25) is 4.79 Å². The lowest BCUT2D eigenvalue weighted by Crippen LogP contribution is -2.17. The van der Waals surface area contributed by atoms with E-state index in [-0.39, 0.29) is 5.91 Å². The average Bonchev–Trinajstić information content (AvgIpc) is 2.53. The molecule has 0 radical (unpaired) electrons. The third-order valence-corrected chi connectivity index (χ3v) is 3.59. The molecule has 0 aliphatic heterocycles. The molecule has 1 aromatic carbocycles. The van der Waals surface area contributed by atoms with Gasteiger partial charge in [0.25, 0.3) is 5.91 Å². The lowest BCUT2D eigenvalue weighted by molar-refractivity contribution is 0.0955. The molecule has 122 valence electrons. The second-order valence-corrected chi connectivity index (χ2v) is 5.75. The van der Waals surface area contributed by atoms with Gasteiger partial charge in [0.1, 0.15) is 0 Å². The van der Waals surface area contributed by atoms with Gasteiger partial charge in [0.15, 0.2) is 0 Å². The van der Waals surface area contributed by atoms with Gasteiger partial charge in [-0.2, -0.15) is 5.10 Å². The second-order valence-electron chi connectivity index (χ2n) is 5.75. The second kappa shape index (κ2) is 10.8. The Labute approximate surface area is 134 Å². The minimum Gasteiger partial charge on any atom is -0.378 e. The lowest BCUT2D eigenvalue weighted by atomic mass is 10.1. The fourth-order valence-corrected chi connectivity index (χ4v) is 2.16. The summed E-state index contributed by atoms with van der Waals surface area (Å²) in [7, 11) is 3.95. The number of carbonyl (C=O) groups excluding carboxylic acids is 1. The van der Waals surface area contributed by atoms with E-state index in [2.05, 4.69) is 17.5 Å². The number of nitrogens with zero attached hydrogens (tertiary/aromatic N) is 2. The molecule has 1 N–H and O–H groups in total. The van der Waals surface area contributed by atoms with Crippen LogP contribution in [0, 0.1) is 0 Å². The number of amides is 1. The van der Waals surface area contributed by atoms with E-state index in [9.17, 15) is 4.79 Å². The van der Waals surface area contributed by atoms with Crippen LogP contribution in [0.15, 0.2) is 29.4 Å². The number of benzene rings is 1. The number of hydrazone groups is 1. The summed E-state index contributed by atoms with van der Waals surface area (Å²) in [5.74, 6) is -0.162. The van der Waals surface area contributed by atoms with Crippen LogP contribution in [0.4, 0.5) is 5.69 Å².